The summed E-state index contributed by atoms with van der Waals surface area (Å²) in [6.07, 6.45) is 1.82. The maximum Gasteiger partial charge on any atom is 0.316 e. The fraction of sp³-hybridized carbons (Fsp3) is 0. The molecule has 3 aromatic rings. The van der Waals surface area contributed by atoms with Gasteiger partial charge in [0, 0.05) is 11.1 Å². The third-order valence-corrected chi connectivity index (χ3v) is 2.86. The number of hydrogen-bond donors (Lipinski definition) is 2. The molecule has 5 nitrogen and oxygen atoms in total. The molecule has 0 fully saturated rings. The van der Waals surface area contributed by atoms with Crippen molar-refractivity contribution in [3.8, 4) is 5.69 Å². The summed E-state index contributed by atoms with van der Waals surface area (Å²) < 4.78 is 1.85. The molecular formula is C14H12N4O. The van der Waals surface area contributed by atoms with Crippen molar-refractivity contribution in [2.45, 2.75) is 0 Å². The van der Waals surface area contributed by atoms with E-state index in [1.807, 2.05) is 47.3 Å². The smallest absolute Gasteiger partial charge is 0.316 e. The molecule has 94 valence electrons. The van der Waals surface area contributed by atoms with Crippen LogP contribution in [0.2, 0.25) is 0 Å². The lowest BCUT2D eigenvalue weighted by atomic mass is 10.2. The Labute approximate surface area is 109 Å². The van der Waals surface area contributed by atoms with Crippen LogP contribution in [0.25, 0.3) is 16.6 Å². The maximum absolute atomic E-state index is 10.8. The molecule has 1 heterocycles. The summed E-state index contributed by atoms with van der Waals surface area (Å²) in [6.45, 7) is 0. The molecule has 0 bridgehead atoms. The fourth-order valence-corrected chi connectivity index (χ4v) is 2.01. The Hall–Kier alpha value is -2.82. The first-order valence-electron chi connectivity index (χ1n) is 5.84. The highest BCUT2D eigenvalue weighted by Gasteiger charge is 2.04. The number of amides is 2. The molecule has 1 aromatic heterocycles. The average molecular weight is 252 g/mol. The molecule has 0 radical (unpaired) electrons. The van der Waals surface area contributed by atoms with Crippen LogP contribution in [0.3, 0.4) is 0 Å². The molecule has 0 aliphatic carbocycles. The van der Waals surface area contributed by atoms with Gasteiger partial charge in [-0.05, 0) is 30.3 Å². The minimum atomic E-state index is -0.572. The summed E-state index contributed by atoms with van der Waals surface area (Å²) in [5.41, 5.74) is 7.69. The van der Waals surface area contributed by atoms with Crippen molar-refractivity contribution in [3.63, 3.8) is 0 Å². The Balaban J connectivity index is 2.00. The van der Waals surface area contributed by atoms with Gasteiger partial charge >= 0.3 is 6.03 Å². The standard InChI is InChI=1S/C14H12N4O/c15-14(19)17-11-5-7-12(8-6-11)18-13-4-2-1-3-10(13)9-16-18/h1-9H,(H3,15,17,19). The van der Waals surface area contributed by atoms with Crippen molar-refractivity contribution < 1.29 is 4.79 Å². The van der Waals surface area contributed by atoms with Gasteiger partial charge in [-0.3, -0.25) is 0 Å². The minimum absolute atomic E-state index is 0.572. The van der Waals surface area contributed by atoms with Gasteiger partial charge < -0.3 is 11.1 Å². The normalized spacial score (nSPS) is 10.5. The number of aromatic nitrogens is 2. The van der Waals surface area contributed by atoms with Gasteiger partial charge in [-0.15, -0.1) is 0 Å². The molecule has 0 atom stereocenters. The molecule has 5 heteroatoms. The van der Waals surface area contributed by atoms with Crippen molar-refractivity contribution in [3.05, 3.63) is 54.7 Å². The van der Waals surface area contributed by atoms with E-state index in [-0.39, 0.29) is 0 Å². The molecule has 0 spiro atoms. The van der Waals surface area contributed by atoms with Gasteiger partial charge in [0.25, 0.3) is 0 Å². The highest BCUT2D eigenvalue weighted by molar-refractivity contribution is 5.88. The minimum Gasteiger partial charge on any atom is -0.351 e. The molecule has 2 amide bonds. The fourth-order valence-electron chi connectivity index (χ4n) is 2.01. The topological polar surface area (TPSA) is 72.9 Å². The van der Waals surface area contributed by atoms with Crippen LogP contribution in [-0.2, 0) is 0 Å². The number of para-hydroxylation sites is 1. The number of anilines is 1. The van der Waals surface area contributed by atoms with Gasteiger partial charge in [0.15, 0.2) is 0 Å². The van der Waals surface area contributed by atoms with Gasteiger partial charge in [-0.2, -0.15) is 5.10 Å². The molecular weight excluding hydrogens is 240 g/mol. The van der Waals surface area contributed by atoms with Crippen LogP contribution in [0.5, 0.6) is 0 Å². The molecule has 3 rings (SSSR count). The number of rotatable bonds is 2. The third kappa shape index (κ3) is 2.13. The van der Waals surface area contributed by atoms with Gasteiger partial charge in [-0.1, -0.05) is 18.2 Å². The molecule has 0 saturated heterocycles. The number of carbonyl (C=O) groups excluding carboxylic acids is 1. The molecule has 0 aliphatic heterocycles. The van der Waals surface area contributed by atoms with Crippen molar-refractivity contribution in [1.29, 1.82) is 0 Å². The number of nitrogens with one attached hydrogen (secondary N) is 1. The Bertz CT molecular complexity index is 731. The second kappa shape index (κ2) is 4.45. The monoisotopic (exact) mass is 252 g/mol. The highest BCUT2D eigenvalue weighted by Crippen LogP contribution is 2.19. The van der Waals surface area contributed by atoms with Crippen LogP contribution < -0.4 is 11.1 Å². The number of nitrogens with two attached hydrogens (primary N) is 1. The van der Waals surface area contributed by atoms with Crippen LogP contribution >= 0.6 is 0 Å². The van der Waals surface area contributed by atoms with E-state index in [9.17, 15) is 4.79 Å². The van der Waals surface area contributed by atoms with E-state index < -0.39 is 6.03 Å². The first-order valence-corrected chi connectivity index (χ1v) is 5.84. The molecule has 3 N–H and O–H groups in total. The highest BCUT2D eigenvalue weighted by atomic mass is 16.2. The Kier molecular flexibility index (Phi) is 2.64. The summed E-state index contributed by atoms with van der Waals surface area (Å²) in [5, 5.41) is 7.97. The zero-order valence-corrected chi connectivity index (χ0v) is 10.1. The van der Waals surface area contributed by atoms with Crippen LogP contribution in [0.15, 0.2) is 54.7 Å². The molecule has 0 aliphatic rings. The number of benzene rings is 2. The predicted molar refractivity (Wildman–Crippen MR) is 74.3 cm³/mol. The lowest BCUT2D eigenvalue weighted by Crippen LogP contribution is -2.19. The Morgan fingerprint density at radius 3 is 2.58 bits per heavy atom. The number of primary amides is 1. The summed E-state index contributed by atoms with van der Waals surface area (Å²) in [5.74, 6) is 0. The first-order chi connectivity index (χ1) is 9.24. The zero-order chi connectivity index (χ0) is 13.2. The lowest BCUT2D eigenvalue weighted by molar-refractivity contribution is 0.259. The average Bonchev–Trinajstić information content (AvgIpc) is 2.83. The predicted octanol–water partition coefficient (Wildman–Crippen LogP) is 2.52. The van der Waals surface area contributed by atoms with E-state index in [1.54, 1.807) is 12.1 Å². The Morgan fingerprint density at radius 2 is 1.84 bits per heavy atom. The van der Waals surface area contributed by atoms with Crippen LogP contribution in [0.4, 0.5) is 10.5 Å². The van der Waals surface area contributed by atoms with E-state index in [2.05, 4.69) is 10.4 Å². The van der Waals surface area contributed by atoms with Crippen molar-refractivity contribution in [1.82, 2.24) is 9.78 Å². The van der Waals surface area contributed by atoms with Crippen LogP contribution in [0, 0.1) is 0 Å². The van der Waals surface area contributed by atoms with Crippen molar-refractivity contribution in [2.75, 3.05) is 5.32 Å². The van der Waals surface area contributed by atoms with E-state index in [1.165, 1.54) is 0 Å². The third-order valence-electron chi connectivity index (χ3n) is 2.86. The number of urea groups is 1. The number of nitrogens with zero attached hydrogens (tertiary/aromatic N) is 2. The molecule has 2 aromatic carbocycles. The summed E-state index contributed by atoms with van der Waals surface area (Å²) in [4.78, 5) is 10.8. The van der Waals surface area contributed by atoms with E-state index >= 15 is 0 Å². The maximum atomic E-state index is 10.8. The lowest BCUT2D eigenvalue weighted by Gasteiger charge is -2.05. The van der Waals surface area contributed by atoms with Gasteiger partial charge in [-0.25, -0.2) is 9.48 Å². The van der Waals surface area contributed by atoms with Crippen LogP contribution in [-0.4, -0.2) is 15.8 Å². The summed E-state index contributed by atoms with van der Waals surface area (Å²) >= 11 is 0. The van der Waals surface area contributed by atoms with Crippen LogP contribution in [0.1, 0.15) is 0 Å². The van der Waals surface area contributed by atoms with E-state index in [0.29, 0.717) is 5.69 Å². The van der Waals surface area contributed by atoms with Crippen molar-refractivity contribution >= 4 is 22.6 Å². The quantitative estimate of drug-likeness (QED) is 0.735. The van der Waals surface area contributed by atoms with E-state index in [0.717, 1.165) is 16.6 Å². The summed E-state index contributed by atoms with van der Waals surface area (Å²) in [6, 6.07) is 14.7. The SMILES string of the molecule is NC(=O)Nc1ccc(-n2ncc3ccccc32)cc1. The molecule has 0 unspecified atom stereocenters. The second-order valence-electron chi connectivity index (χ2n) is 4.15. The largest absolute Gasteiger partial charge is 0.351 e. The zero-order valence-electron chi connectivity index (χ0n) is 10.1. The number of carbonyl (C=O) groups is 1. The molecule has 0 saturated carbocycles. The summed E-state index contributed by atoms with van der Waals surface area (Å²) in [7, 11) is 0. The number of fused-ring (bicyclic) bond motifs is 1. The van der Waals surface area contributed by atoms with Gasteiger partial charge in [0.2, 0.25) is 0 Å². The molecule has 19 heavy (non-hydrogen) atoms. The second-order valence-corrected chi connectivity index (χ2v) is 4.15. The van der Waals surface area contributed by atoms with Gasteiger partial charge in [0.05, 0.1) is 17.4 Å². The number of hydrogen-bond acceptors (Lipinski definition) is 2. The van der Waals surface area contributed by atoms with E-state index in [4.69, 9.17) is 5.73 Å². The van der Waals surface area contributed by atoms with Gasteiger partial charge in [0.1, 0.15) is 0 Å². The Morgan fingerprint density at radius 1 is 1.11 bits per heavy atom. The van der Waals surface area contributed by atoms with Crippen molar-refractivity contribution in [2.24, 2.45) is 5.73 Å². The first kappa shape index (κ1) is 11.3.